The van der Waals surface area contributed by atoms with Crippen molar-refractivity contribution in [2.45, 2.75) is 19.2 Å². The number of benzene rings is 3. The van der Waals surface area contributed by atoms with Gasteiger partial charge in [-0.2, -0.15) is 0 Å². The Labute approximate surface area is 186 Å². The maximum Gasteiger partial charge on any atom is 0.254 e. The van der Waals surface area contributed by atoms with Gasteiger partial charge in [-0.25, -0.2) is 0 Å². The summed E-state index contributed by atoms with van der Waals surface area (Å²) in [5, 5.41) is 13.4. The molecule has 0 saturated carbocycles. The van der Waals surface area contributed by atoms with E-state index in [1.807, 2.05) is 48.5 Å². The lowest BCUT2D eigenvalue weighted by molar-refractivity contribution is 0.0561. The van der Waals surface area contributed by atoms with Gasteiger partial charge in [-0.05, 0) is 36.4 Å². The Balaban J connectivity index is 1.43. The fraction of sp³-hybridized carbons (Fsp3) is 0.148. The molecule has 1 N–H and O–H groups in total. The number of hydrogen-bond acceptors (Lipinski definition) is 3. The Morgan fingerprint density at radius 1 is 0.844 bits per heavy atom. The van der Waals surface area contributed by atoms with Crippen LogP contribution in [0.15, 0.2) is 102 Å². The van der Waals surface area contributed by atoms with Gasteiger partial charge in [0.15, 0.2) is 0 Å². The van der Waals surface area contributed by atoms with Crippen molar-refractivity contribution in [1.82, 2.24) is 9.47 Å². The third-order valence-corrected chi connectivity index (χ3v) is 5.74. The van der Waals surface area contributed by atoms with Crippen LogP contribution in [0, 0.1) is 0 Å². The third kappa shape index (κ3) is 3.90. The summed E-state index contributed by atoms with van der Waals surface area (Å²) in [5.74, 6) is 0.543. The highest BCUT2D eigenvalue weighted by atomic mass is 16.3. The van der Waals surface area contributed by atoms with Crippen molar-refractivity contribution in [3.63, 3.8) is 0 Å². The molecule has 1 unspecified atom stereocenters. The van der Waals surface area contributed by atoms with Crippen LogP contribution in [0.1, 0.15) is 16.1 Å². The zero-order chi connectivity index (χ0) is 21.9. The highest BCUT2D eigenvalue weighted by Crippen LogP contribution is 2.29. The van der Waals surface area contributed by atoms with E-state index in [1.165, 1.54) is 0 Å². The summed E-state index contributed by atoms with van der Waals surface area (Å²) in [5.41, 5.74) is 2.72. The molecule has 5 nitrogen and oxygen atoms in total. The number of amides is 1. The number of nitrogens with zero attached hydrogens (tertiary/aromatic N) is 2. The minimum absolute atomic E-state index is 0.136. The van der Waals surface area contributed by atoms with Gasteiger partial charge in [0, 0.05) is 33.9 Å². The van der Waals surface area contributed by atoms with Gasteiger partial charge in [0.25, 0.3) is 5.91 Å². The first-order chi connectivity index (χ1) is 15.7. The standard InChI is InChI=1S/C27H24N2O3/c30-21(18-29-25-14-6-4-12-23(25)24-13-5-7-15-26(24)29)17-28(19-22-11-8-16-32-22)27(31)20-9-2-1-3-10-20/h1-16,21,30H,17-19H2. The Morgan fingerprint density at radius 2 is 1.47 bits per heavy atom. The molecule has 0 aliphatic rings. The van der Waals surface area contributed by atoms with Crippen molar-refractivity contribution in [2.75, 3.05) is 6.54 Å². The number of aliphatic hydroxyl groups is 1. The number of carbonyl (C=O) groups excluding carboxylic acids is 1. The molecule has 0 radical (unpaired) electrons. The van der Waals surface area contributed by atoms with Gasteiger partial charge in [0.05, 0.1) is 25.5 Å². The summed E-state index contributed by atoms with van der Waals surface area (Å²) in [7, 11) is 0. The van der Waals surface area contributed by atoms with E-state index in [9.17, 15) is 9.90 Å². The predicted molar refractivity (Wildman–Crippen MR) is 125 cm³/mol. The molecule has 1 atom stereocenters. The summed E-state index contributed by atoms with van der Waals surface area (Å²) >= 11 is 0. The predicted octanol–water partition coefficient (Wildman–Crippen LogP) is 5.09. The summed E-state index contributed by atoms with van der Waals surface area (Å²) in [6.45, 7) is 0.866. The van der Waals surface area contributed by atoms with Crippen molar-refractivity contribution in [1.29, 1.82) is 0 Å². The van der Waals surface area contributed by atoms with Crippen LogP contribution in [0.4, 0.5) is 0 Å². The third-order valence-electron chi connectivity index (χ3n) is 5.74. The number of fused-ring (bicyclic) bond motifs is 3. The molecule has 0 aliphatic heterocycles. The highest BCUT2D eigenvalue weighted by molar-refractivity contribution is 6.07. The maximum atomic E-state index is 13.2. The second kappa shape index (κ2) is 8.73. The van der Waals surface area contributed by atoms with Gasteiger partial charge >= 0.3 is 0 Å². The fourth-order valence-electron chi connectivity index (χ4n) is 4.30. The molecule has 32 heavy (non-hydrogen) atoms. The molecule has 5 rings (SSSR count). The molecule has 0 spiro atoms. The van der Waals surface area contributed by atoms with E-state index in [4.69, 9.17) is 4.42 Å². The normalized spacial score (nSPS) is 12.3. The van der Waals surface area contributed by atoms with Crippen LogP contribution >= 0.6 is 0 Å². The topological polar surface area (TPSA) is 58.6 Å². The number of aliphatic hydroxyl groups excluding tert-OH is 1. The van der Waals surface area contributed by atoms with Crippen LogP contribution < -0.4 is 0 Å². The molecule has 1 amide bonds. The van der Waals surface area contributed by atoms with Gasteiger partial charge < -0.3 is 19.0 Å². The first-order valence-corrected chi connectivity index (χ1v) is 10.7. The zero-order valence-electron chi connectivity index (χ0n) is 17.6. The molecule has 5 aromatic rings. The molecule has 3 aromatic carbocycles. The SMILES string of the molecule is O=C(c1ccccc1)N(Cc1ccco1)CC(O)Cn1c2ccccc2c2ccccc21. The largest absolute Gasteiger partial charge is 0.467 e. The van der Waals surface area contributed by atoms with Crippen LogP contribution in [0.5, 0.6) is 0 Å². The number of hydrogen-bond donors (Lipinski definition) is 1. The molecule has 0 saturated heterocycles. The van der Waals surface area contributed by atoms with Crippen LogP contribution in [0.3, 0.4) is 0 Å². The zero-order valence-corrected chi connectivity index (χ0v) is 17.6. The molecular weight excluding hydrogens is 400 g/mol. The first-order valence-electron chi connectivity index (χ1n) is 10.7. The van der Waals surface area contributed by atoms with Gasteiger partial charge in [0.2, 0.25) is 0 Å². The Hall–Kier alpha value is -3.83. The molecular formula is C27H24N2O3. The van der Waals surface area contributed by atoms with Crippen molar-refractivity contribution < 1.29 is 14.3 Å². The van der Waals surface area contributed by atoms with Crippen LogP contribution in [-0.4, -0.2) is 33.1 Å². The van der Waals surface area contributed by atoms with Crippen molar-refractivity contribution >= 4 is 27.7 Å². The molecule has 0 fully saturated rings. The molecule has 0 bridgehead atoms. The Morgan fingerprint density at radius 3 is 2.09 bits per heavy atom. The monoisotopic (exact) mass is 424 g/mol. The summed E-state index contributed by atoms with van der Waals surface area (Å²) in [6, 6.07) is 29.2. The number of furan rings is 1. The Bertz CT molecular complexity index is 1290. The second-order valence-electron chi connectivity index (χ2n) is 7.93. The van der Waals surface area contributed by atoms with Crippen LogP contribution in [0.2, 0.25) is 0 Å². The van der Waals surface area contributed by atoms with E-state index in [1.54, 1.807) is 29.4 Å². The fourth-order valence-corrected chi connectivity index (χ4v) is 4.30. The smallest absolute Gasteiger partial charge is 0.254 e. The number of carbonyl (C=O) groups is 1. The number of para-hydroxylation sites is 2. The summed E-state index contributed by atoms with van der Waals surface area (Å²) in [4.78, 5) is 14.8. The van der Waals surface area contributed by atoms with Crippen LogP contribution in [0.25, 0.3) is 21.8 Å². The summed E-state index contributed by atoms with van der Waals surface area (Å²) in [6.07, 6.45) is 0.839. The minimum atomic E-state index is -0.753. The first kappa shape index (κ1) is 20.1. The summed E-state index contributed by atoms with van der Waals surface area (Å²) < 4.78 is 7.60. The molecule has 2 aromatic heterocycles. The lowest BCUT2D eigenvalue weighted by atomic mass is 10.2. The Kier molecular flexibility index (Phi) is 5.48. The average Bonchev–Trinajstić information content (AvgIpc) is 3.46. The van der Waals surface area contributed by atoms with Gasteiger partial charge in [0.1, 0.15) is 5.76 Å². The highest BCUT2D eigenvalue weighted by Gasteiger charge is 2.22. The molecule has 2 heterocycles. The number of rotatable bonds is 7. The average molecular weight is 425 g/mol. The van der Waals surface area contributed by atoms with Crippen molar-refractivity contribution in [3.05, 3.63) is 109 Å². The van der Waals surface area contributed by atoms with E-state index in [-0.39, 0.29) is 12.5 Å². The van der Waals surface area contributed by atoms with E-state index >= 15 is 0 Å². The van der Waals surface area contributed by atoms with E-state index in [0.29, 0.717) is 24.4 Å². The van der Waals surface area contributed by atoms with Crippen molar-refractivity contribution in [3.8, 4) is 0 Å². The van der Waals surface area contributed by atoms with Gasteiger partial charge in [-0.15, -0.1) is 0 Å². The molecule has 5 heteroatoms. The quantitative estimate of drug-likeness (QED) is 0.396. The molecule has 160 valence electrons. The molecule has 0 aliphatic carbocycles. The number of aromatic nitrogens is 1. The second-order valence-corrected chi connectivity index (χ2v) is 7.93. The lowest BCUT2D eigenvalue weighted by Crippen LogP contribution is -2.38. The van der Waals surface area contributed by atoms with E-state index in [2.05, 4.69) is 28.8 Å². The lowest BCUT2D eigenvalue weighted by Gasteiger charge is -2.25. The van der Waals surface area contributed by atoms with E-state index < -0.39 is 6.10 Å². The van der Waals surface area contributed by atoms with Crippen LogP contribution in [-0.2, 0) is 13.1 Å². The minimum Gasteiger partial charge on any atom is -0.467 e. The van der Waals surface area contributed by atoms with Crippen molar-refractivity contribution in [2.24, 2.45) is 0 Å². The maximum absolute atomic E-state index is 13.2. The van der Waals surface area contributed by atoms with E-state index in [0.717, 1.165) is 21.8 Å². The van der Waals surface area contributed by atoms with Gasteiger partial charge in [-0.3, -0.25) is 4.79 Å². The van der Waals surface area contributed by atoms with Gasteiger partial charge in [-0.1, -0.05) is 54.6 Å².